The fourth-order valence-corrected chi connectivity index (χ4v) is 1.91. The summed E-state index contributed by atoms with van der Waals surface area (Å²) in [5.74, 6) is 1.18. The first-order valence-corrected chi connectivity index (χ1v) is 7.15. The average molecular weight is 300 g/mol. The number of benzene rings is 2. The molecule has 22 heavy (non-hydrogen) atoms. The minimum absolute atomic E-state index is 0.0543. The number of ether oxygens (including phenoxy) is 2. The number of anilines is 1. The van der Waals surface area contributed by atoms with Crippen LogP contribution in [-0.2, 0) is 11.3 Å². The van der Waals surface area contributed by atoms with Crippen LogP contribution in [0.15, 0.2) is 48.5 Å². The highest BCUT2D eigenvalue weighted by Gasteiger charge is 2.04. The molecule has 2 aromatic carbocycles. The lowest BCUT2D eigenvalue weighted by Gasteiger charge is -2.09. The van der Waals surface area contributed by atoms with Gasteiger partial charge in [0, 0.05) is 12.2 Å². The Hall–Kier alpha value is -2.53. The van der Waals surface area contributed by atoms with E-state index < -0.39 is 0 Å². The van der Waals surface area contributed by atoms with Gasteiger partial charge in [-0.05, 0) is 48.9 Å². The third-order valence-corrected chi connectivity index (χ3v) is 2.95. The van der Waals surface area contributed by atoms with Crippen LogP contribution in [0.1, 0.15) is 12.5 Å². The summed E-state index contributed by atoms with van der Waals surface area (Å²) in [6.07, 6.45) is 0. The maximum Gasteiger partial charge on any atom is 0.262 e. The Balaban J connectivity index is 1.84. The fourth-order valence-electron chi connectivity index (χ4n) is 1.91. The molecule has 0 aliphatic carbocycles. The maximum atomic E-state index is 11.9. The van der Waals surface area contributed by atoms with Gasteiger partial charge in [-0.2, -0.15) is 0 Å². The number of nitrogens with two attached hydrogens (primary N) is 1. The number of rotatable bonds is 7. The number of hydrogen-bond donors (Lipinski definition) is 2. The van der Waals surface area contributed by atoms with Gasteiger partial charge in [0.15, 0.2) is 6.61 Å². The monoisotopic (exact) mass is 300 g/mol. The topological polar surface area (TPSA) is 73.6 Å². The molecule has 0 aliphatic rings. The van der Waals surface area contributed by atoms with Crippen LogP contribution in [0.3, 0.4) is 0 Å². The van der Waals surface area contributed by atoms with Crippen LogP contribution in [0.2, 0.25) is 0 Å². The van der Waals surface area contributed by atoms with Crippen molar-refractivity contribution >= 4 is 11.6 Å². The number of amides is 1. The SMILES string of the molecule is CCOc1ccc(NC(=O)COc2cccc(CN)c2)cc1. The lowest BCUT2D eigenvalue weighted by Crippen LogP contribution is -2.20. The van der Waals surface area contributed by atoms with Crippen LogP contribution in [0.4, 0.5) is 5.69 Å². The first-order chi connectivity index (χ1) is 10.7. The van der Waals surface area contributed by atoms with E-state index in [1.54, 1.807) is 18.2 Å². The van der Waals surface area contributed by atoms with Crippen molar-refractivity contribution in [1.82, 2.24) is 0 Å². The number of carbonyl (C=O) groups excluding carboxylic acids is 1. The zero-order valence-electron chi connectivity index (χ0n) is 12.5. The largest absolute Gasteiger partial charge is 0.494 e. The van der Waals surface area contributed by atoms with Crippen molar-refractivity contribution in [3.8, 4) is 11.5 Å². The Morgan fingerprint density at radius 1 is 1.09 bits per heavy atom. The average Bonchev–Trinajstić information content (AvgIpc) is 2.55. The molecule has 0 saturated heterocycles. The van der Waals surface area contributed by atoms with E-state index >= 15 is 0 Å². The van der Waals surface area contributed by atoms with Gasteiger partial charge in [-0.1, -0.05) is 12.1 Å². The van der Waals surface area contributed by atoms with Crippen LogP contribution in [0.5, 0.6) is 11.5 Å². The third-order valence-electron chi connectivity index (χ3n) is 2.95. The second-order valence-electron chi connectivity index (χ2n) is 4.65. The molecule has 2 rings (SSSR count). The summed E-state index contributed by atoms with van der Waals surface area (Å²) in [6, 6.07) is 14.6. The molecular formula is C17H20N2O3. The Morgan fingerprint density at radius 2 is 1.86 bits per heavy atom. The second kappa shape index (κ2) is 8.05. The number of carbonyl (C=O) groups is 1. The van der Waals surface area contributed by atoms with Crippen molar-refractivity contribution in [1.29, 1.82) is 0 Å². The van der Waals surface area contributed by atoms with Crippen LogP contribution in [0.25, 0.3) is 0 Å². The van der Waals surface area contributed by atoms with Gasteiger partial charge in [-0.3, -0.25) is 4.79 Å². The molecule has 5 nitrogen and oxygen atoms in total. The zero-order chi connectivity index (χ0) is 15.8. The molecule has 0 heterocycles. The van der Waals surface area contributed by atoms with Crippen LogP contribution < -0.4 is 20.5 Å². The van der Waals surface area contributed by atoms with Crippen molar-refractivity contribution < 1.29 is 14.3 Å². The summed E-state index contributed by atoms with van der Waals surface area (Å²) in [5.41, 5.74) is 7.23. The van der Waals surface area contributed by atoms with Crippen LogP contribution in [-0.4, -0.2) is 19.1 Å². The molecule has 1 amide bonds. The first-order valence-electron chi connectivity index (χ1n) is 7.15. The molecule has 0 spiro atoms. The summed E-state index contributed by atoms with van der Waals surface area (Å²) in [6.45, 7) is 2.92. The lowest BCUT2D eigenvalue weighted by atomic mass is 10.2. The first kappa shape index (κ1) is 15.9. The lowest BCUT2D eigenvalue weighted by molar-refractivity contribution is -0.118. The standard InChI is InChI=1S/C17H20N2O3/c1-2-21-15-8-6-14(7-9-15)19-17(20)12-22-16-5-3-4-13(10-16)11-18/h3-10H,2,11-12,18H2,1H3,(H,19,20). The summed E-state index contributed by atoms with van der Waals surface area (Å²) >= 11 is 0. The number of hydrogen-bond acceptors (Lipinski definition) is 4. The molecule has 116 valence electrons. The van der Waals surface area contributed by atoms with E-state index in [9.17, 15) is 4.79 Å². The molecule has 3 N–H and O–H groups in total. The molecule has 0 saturated carbocycles. The summed E-state index contributed by atoms with van der Waals surface area (Å²) < 4.78 is 10.8. The molecule has 0 bridgehead atoms. The van der Waals surface area contributed by atoms with Gasteiger partial charge < -0.3 is 20.5 Å². The molecule has 0 radical (unpaired) electrons. The zero-order valence-corrected chi connectivity index (χ0v) is 12.5. The highest BCUT2D eigenvalue weighted by Crippen LogP contribution is 2.16. The van der Waals surface area contributed by atoms with E-state index in [1.165, 1.54) is 0 Å². The van der Waals surface area contributed by atoms with Gasteiger partial charge >= 0.3 is 0 Å². The normalized spacial score (nSPS) is 10.1. The van der Waals surface area contributed by atoms with Gasteiger partial charge in [0.05, 0.1) is 6.61 Å². The Labute approximate surface area is 130 Å². The quantitative estimate of drug-likeness (QED) is 0.824. The van der Waals surface area contributed by atoms with Gasteiger partial charge in [-0.25, -0.2) is 0 Å². The van der Waals surface area contributed by atoms with Crippen LogP contribution in [0, 0.1) is 0 Å². The van der Waals surface area contributed by atoms with Crippen molar-refractivity contribution in [3.63, 3.8) is 0 Å². The molecule has 0 fully saturated rings. The van der Waals surface area contributed by atoms with E-state index in [4.69, 9.17) is 15.2 Å². The highest BCUT2D eigenvalue weighted by atomic mass is 16.5. The summed E-state index contributed by atoms with van der Waals surface area (Å²) in [7, 11) is 0. The van der Waals surface area contributed by atoms with E-state index in [0.717, 1.165) is 11.3 Å². The van der Waals surface area contributed by atoms with Gasteiger partial charge in [0.1, 0.15) is 11.5 Å². The van der Waals surface area contributed by atoms with E-state index in [2.05, 4.69) is 5.32 Å². The van der Waals surface area contributed by atoms with E-state index in [-0.39, 0.29) is 12.5 Å². The Kier molecular flexibility index (Phi) is 5.80. The molecular weight excluding hydrogens is 280 g/mol. The molecule has 0 aliphatic heterocycles. The molecule has 0 unspecified atom stereocenters. The van der Waals surface area contributed by atoms with Gasteiger partial charge in [0.2, 0.25) is 0 Å². The van der Waals surface area contributed by atoms with Crippen LogP contribution >= 0.6 is 0 Å². The highest BCUT2D eigenvalue weighted by molar-refractivity contribution is 5.91. The smallest absolute Gasteiger partial charge is 0.262 e. The maximum absolute atomic E-state index is 11.9. The molecule has 2 aromatic rings. The van der Waals surface area contributed by atoms with Crippen molar-refractivity contribution in [2.45, 2.75) is 13.5 Å². The minimum atomic E-state index is -0.220. The van der Waals surface area contributed by atoms with E-state index in [1.807, 2.05) is 37.3 Å². The Bertz CT molecular complexity index is 612. The van der Waals surface area contributed by atoms with Crippen molar-refractivity contribution in [2.24, 2.45) is 5.73 Å². The summed E-state index contributed by atoms with van der Waals surface area (Å²) in [5, 5.41) is 2.77. The molecule has 5 heteroatoms. The van der Waals surface area contributed by atoms with Gasteiger partial charge in [0.25, 0.3) is 5.91 Å². The minimum Gasteiger partial charge on any atom is -0.494 e. The van der Waals surface area contributed by atoms with Gasteiger partial charge in [-0.15, -0.1) is 0 Å². The number of nitrogens with one attached hydrogen (secondary N) is 1. The molecule has 0 atom stereocenters. The molecule has 0 aromatic heterocycles. The fraction of sp³-hybridized carbons (Fsp3) is 0.235. The van der Waals surface area contributed by atoms with E-state index in [0.29, 0.717) is 24.6 Å². The summed E-state index contributed by atoms with van der Waals surface area (Å²) in [4.78, 5) is 11.9. The van der Waals surface area contributed by atoms with Crippen molar-refractivity contribution in [2.75, 3.05) is 18.5 Å². The predicted octanol–water partition coefficient (Wildman–Crippen LogP) is 2.56. The predicted molar refractivity (Wildman–Crippen MR) is 86.1 cm³/mol. The second-order valence-corrected chi connectivity index (χ2v) is 4.65. The third kappa shape index (κ3) is 4.79. The Morgan fingerprint density at radius 3 is 2.55 bits per heavy atom. The van der Waals surface area contributed by atoms with Crippen molar-refractivity contribution in [3.05, 3.63) is 54.1 Å².